The Morgan fingerprint density at radius 2 is 1.88 bits per heavy atom. The van der Waals surface area contributed by atoms with Gasteiger partial charge in [-0.05, 0) is 37.5 Å². The van der Waals surface area contributed by atoms with Crippen molar-refractivity contribution >= 4 is 5.91 Å². The molecule has 1 aromatic rings. The van der Waals surface area contributed by atoms with Crippen LogP contribution in [0.2, 0.25) is 0 Å². The molecule has 0 aromatic heterocycles. The van der Waals surface area contributed by atoms with Gasteiger partial charge in [-0.15, -0.1) is 0 Å². The van der Waals surface area contributed by atoms with Crippen LogP contribution in [-0.4, -0.2) is 68.7 Å². The average molecular weight is 347 g/mol. The number of nitrogens with zero attached hydrogens (tertiary/aromatic N) is 2. The molecule has 1 N–H and O–H groups in total. The molecule has 2 heterocycles. The van der Waals surface area contributed by atoms with Crippen molar-refractivity contribution in [3.8, 4) is 11.5 Å². The van der Waals surface area contributed by atoms with E-state index < -0.39 is 0 Å². The number of carbonyl (C=O) groups is 1. The van der Waals surface area contributed by atoms with E-state index >= 15 is 0 Å². The smallest absolute Gasteiger partial charge is 0.244 e. The Balaban J connectivity index is 1.93. The number of hydrogen-bond acceptors (Lipinski definition) is 5. The summed E-state index contributed by atoms with van der Waals surface area (Å²) in [5.41, 5.74) is 0.976. The number of likely N-dealkylation sites (tertiary alicyclic amines) is 1. The molecule has 0 spiro atoms. The summed E-state index contributed by atoms with van der Waals surface area (Å²) in [5, 5.41) is 3.46. The highest BCUT2D eigenvalue weighted by molar-refractivity contribution is 5.84. The second kappa shape index (κ2) is 8.06. The Morgan fingerprint density at radius 1 is 1.16 bits per heavy atom. The molecule has 0 bridgehead atoms. The third-order valence-corrected chi connectivity index (χ3v) is 5.14. The molecule has 2 unspecified atom stereocenters. The minimum atomic E-state index is -0.262. The van der Waals surface area contributed by atoms with Gasteiger partial charge in [-0.3, -0.25) is 9.69 Å². The lowest BCUT2D eigenvalue weighted by Crippen LogP contribution is -2.53. The predicted molar refractivity (Wildman–Crippen MR) is 97.1 cm³/mol. The van der Waals surface area contributed by atoms with E-state index in [0.717, 1.165) is 51.1 Å². The van der Waals surface area contributed by atoms with Gasteiger partial charge in [0.05, 0.1) is 14.2 Å². The fourth-order valence-corrected chi connectivity index (χ4v) is 3.84. The van der Waals surface area contributed by atoms with E-state index in [1.54, 1.807) is 14.2 Å². The summed E-state index contributed by atoms with van der Waals surface area (Å²) >= 11 is 0. The molecular formula is C19H29N3O3. The molecule has 25 heavy (non-hydrogen) atoms. The van der Waals surface area contributed by atoms with Crippen molar-refractivity contribution in [2.75, 3.05) is 46.9 Å². The predicted octanol–water partition coefficient (Wildman–Crippen LogP) is 1.66. The van der Waals surface area contributed by atoms with E-state index in [2.05, 4.69) is 17.1 Å². The molecular weight excluding hydrogens is 318 g/mol. The molecule has 1 aromatic carbocycles. The van der Waals surface area contributed by atoms with Gasteiger partial charge in [0.1, 0.15) is 6.04 Å². The molecule has 2 atom stereocenters. The van der Waals surface area contributed by atoms with Crippen molar-refractivity contribution in [1.29, 1.82) is 0 Å². The van der Waals surface area contributed by atoms with Gasteiger partial charge in [0, 0.05) is 38.8 Å². The Morgan fingerprint density at radius 3 is 2.52 bits per heavy atom. The number of carbonyl (C=O) groups excluding carboxylic acids is 1. The van der Waals surface area contributed by atoms with Gasteiger partial charge >= 0.3 is 0 Å². The minimum absolute atomic E-state index is 0.207. The van der Waals surface area contributed by atoms with Crippen LogP contribution >= 0.6 is 0 Å². The summed E-state index contributed by atoms with van der Waals surface area (Å²) in [7, 11) is 3.26. The summed E-state index contributed by atoms with van der Waals surface area (Å²) in [6, 6.07) is 5.95. The Bertz CT molecular complexity index is 602. The van der Waals surface area contributed by atoms with Crippen LogP contribution in [0.4, 0.5) is 0 Å². The highest BCUT2D eigenvalue weighted by Gasteiger charge is 2.34. The first-order valence-corrected chi connectivity index (χ1v) is 9.12. The maximum atomic E-state index is 13.3. The standard InChI is InChI=1S/C19H29N3O3/c1-14-13-22(11-8-20-14)18(19(23)21-9-4-5-10-21)15-6-7-16(24-2)17(12-15)25-3/h6-7,12,14,18,20H,4-5,8-11,13H2,1-3H3. The van der Waals surface area contributed by atoms with Crippen LogP contribution in [0.25, 0.3) is 0 Å². The highest BCUT2D eigenvalue weighted by Crippen LogP contribution is 2.33. The number of ether oxygens (including phenoxy) is 2. The van der Waals surface area contributed by atoms with Crippen LogP contribution in [0, 0.1) is 0 Å². The van der Waals surface area contributed by atoms with Gasteiger partial charge in [0.25, 0.3) is 0 Å². The van der Waals surface area contributed by atoms with Crippen molar-refractivity contribution in [2.24, 2.45) is 0 Å². The lowest BCUT2D eigenvalue weighted by molar-refractivity contribution is -0.136. The van der Waals surface area contributed by atoms with Crippen LogP contribution in [0.15, 0.2) is 18.2 Å². The number of piperazine rings is 1. The molecule has 0 radical (unpaired) electrons. The molecule has 2 saturated heterocycles. The largest absolute Gasteiger partial charge is 0.493 e. The Hall–Kier alpha value is -1.79. The fraction of sp³-hybridized carbons (Fsp3) is 0.632. The molecule has 2 aliphatic rings. The summed E-state index contributed by atoms with van der Waals surface area (Å²) in [6.07, 6.45) is 2.20. The number of nitrogens with one attached hydrogen (secondary N) is 1. The van der Waals surface area contributed by atoms with Crippen LogP contribution in [-0.2, 0) is 4.79 Å². The molecule has 0 aliphatic carbocycles. The Labute approximate surface area is 150 Å². The quantitative estimate of drug-likeness (QED) is 0.878. The normalized spacial score (nSPS) is 22.7. The van der Waals surface area contributed by atoms with Crippen molar-refractivity contribution in [3.05, 3.63) is 23.8 Å². The zero-order valence-electron chi connectivity index (χ0n) is 15.5. The van der Waals surface area contributed by atoms with Crippen molar-refractivity contribution in [2.45, 2.75) is 31.8 Å². The molecule has 138 valence electrons. The lowest BCUT2D eigenvalue weighted by Gasteiger charge is -2.38. The first-order valence-electron chi connectivity index (χ1n) is 9.12. The molecule has 6 heteroatoms. The maximum absolute atomic E-state index is 13.3. The minimum Gasteiger partial charge on any atom is -0.493 e. The molecule has 0 saturated carbocycles. The fourth-order valence-electron chi connectivity index (χ4n) is 3.84. The first kappa shape index (κ1) is 18.0. The number of hydrogen-bond donors (Lipinski definition) is 1. The van der Waals surface area contributed by atoms with Crippen molar-refractivity contribution in [1.82, 2.24) is 15.1 Å². The van der Waals surface area contributed by atoms with Gasteiger partial charge in [-0.1, -0.05) is 6.07 Å². The van der Waals surface area contributed by atoms with Gasteiger partial charge in [0.15, 0.2) is 11.5 Å². The van der Waals surface area contributed by atoms with E-state index in [1.807, 2.05) is 23.1 Å². The summed E-state index contributed by atoms with van der Waals surface area (Å²) < 4.78 is 10.8. The van der Waals surface area contributed by atoms with E-state index in [0.29, 0.717) is 17.5 Å². The number of rotatable bonds is 5. The zero-order chi connectivity index (χ0) is 17.8. The molecule has 1 amide bonds. The molecule has 3 rings (SSSR count). The zero-order valence-corrected chi connectivity index (χ0v) is 15.5. The Kier molecular flexibility index (Phi) is 5.81. The van der Waals surface area contributed by atoms with Crippen LogP contribution < -0.4 is 14.8 Å². The SMILES string of the molecule is COc1ccc(C(C(=O)N2CCCC2)N2CCNC(C)C2)cc1OC. The average Bonchev–Trinajstić information content (AvgIpc) is 3.16. The van der Waals surface area contributed by atoms with Gasteiger partial charge in [-0.2, -0.15) is 0 Å². The lowest BCUT2D eigenvalue weighted by atomic mass is 10.0. The third-order valence-electron chi connectivity index (χ3n) is 5.14. The highest BCUT2D eigenvalue weighted by atomic mass is 16.5. The molecule has 6 nitrogen and oxygen atoms in total. The van der Waals surface area contributed by atoms with E-state index in [1.165, 1.54) is 0 Å². The number of benzene rings is 1. The topological polar surface area (TPSA) is 54.0 Å². The molecule has 2 fully saturated rings. The van der Waals surface area contributed by atoms with Crippen LogP contribution in [0.3, 0.4) is 0 Å². The maximum Gasteiger partial charge on any atom is 0.244 e. The van der Waals surface area contributed by atoms with Crippen molar-refractivity contribution < 1.29 is 14.3 Å². The second-order valence-corrected chi connectivity index (χ2v) is 6.90. The number of methoxy groups -OCH3 is 2. The van der Waals surface area contributed by atoms with Gasteiger partial charge in [0.2, 0.25) is 5.91 Å². The van der Waals surface area contributed by atoms with E-state index in [4.69, 9.17) is 9.47 Å². The van der Waals surface area contributed by atoms with Gasteiger partial charge in [-0.25, -0.2) is 0 Å². The van der Waals surface area contributed by atoms with Crippen LogP contribution in [0.5, 0.6) is 11.5 Å². The van der Waals surface area contributed by atoms with E-state index in [-0.39, 0.29) is 11.9 Å². The molecule has 2 aliphatic heterocycles. The summed E-state index contributed by atoms with van der Waals surface area (Å²) in [6.45, 7) is 6.52. The van der Waals surface area contributed by atoms with Gasteiger partial charge < -0.3 is 19.7 Å². The summed E-state index contributed by atoms with van der Waals surface area (Å²) in [5.74, 6) is 1.56. The van der Waals surface area contributed by atoms with E-state index in [9.17, 15) is 4.79 Å². The summed E-state index contributed by atoms with van der Waals surface area (Å²) in [4.78, 5) is 17.6. The van der Waals surface area contributed by atoms with Crippen LogP contribution in [0.1, 0.15) is 31.4 Å². The first-order chi connectivity index (χ1) is 12.1. The third kappa shape index (κ3) is 3.90. The second-order valence-electron chi connectivity index (χ2n) is 6.90. The number of amides is 1. The van der Waals surface area contributed by atoms with Crippen molar-refractivity contribution in [3.63, 3.8) is 0 Å². The monoisotopic (exact) mass is 347 g/mol.